The number of aryl methyl sites for hydroxylation is 1. The Morgan fingerprint density at radius 3 is 2.70 bits per heavy atom. The van der Waals surface area contributed by atoms with E-state index in [4.69, 9.17) is 16.6 Å². The van der Waals surface area contributed by atoms with Crippen molar-refractivity contribution in [3.8, 4) is 0 Å². The van der Waals surface area contributed by atoms with Crippen molar-refractivity contribution >= 4 is 34.1 Å². The lowest BCUT2D eigenvalue weighted by atomic mass is 10.0. The molecule has 0 fully saturated rings. The highest BCUT2D eigenvalue weighted by atomic mass is 35.5. The first-order valence-corrected chi connectivity index (χ1v) is 8.08. The number of anilines is 1. The fourth-order valence-corrected chi connectivity index (χ4v) is 3.40. The molecule has 114 valence electrons. The average Bonchev–Trinajstić information content (AvgIpc) is 3.02. The monoisotopic (exact) mass is 322 g/mol. The van der Waals surface area contributed by atoms with E-state index in [0.717, 1.165) is 47.0 Å². The number of benzene rings is 2. The number of rotatable bonds is 2. The van der Waals surface area contributed by atoms with Gasteiger partial charge >= 0.3 is 0 Å². The van der Waals surface area contributed by atoms with E-state index in [2.05, 4.69) is 5.32 Å². The van der Waals surface area contributed by atoms with Crippen LogP contribution in [-0.4, -0.2) is 10.9 Å². The van der Waals surface area contributed by atoms with E-state index in [-0.39, 0.29) is 5.91 Å². The summed E-state index contributed by atoms with van der Waals surface area (Å²) >= 11 is 6.16. The molecule has 0 aliphatic heterocycles. The topological polar surface area (TPSA) is 42.0 Å². The molecule has 1 aromatic heterocycles. The van der Waals surface area contributed by atoms with Gasteiger partial charge < -0.3 is 5.32 Å². The predicted octanol–water partition coefficient (Wildman–Crippen LogP) is 4.63. The van der Waals surface area contributed by atoms with Crippen molar-refractivity contribution in [3.63, 3.8) is 0 Å². The highest BCUT2D eigenvalue weighted by Gasteiger charge is 2.23. The molecule has 0 bridgehead atoms. The van der Waals surface area contributed by atoms with Crippen LogP contribution in [0.25, 0.3) is 10.9 Å². The summed E-state index contributed by atoms with van der Waals surface area (Å²) in [7, 11) is 0. The van der Waals surface area contributed by atoms with E-state index in [1.807, 2.05) is 42.5 Å². The summed E-state index contributed by atoms with van der Waals surface area (Å²) in [6, 6.07) is 15.1. The molecule has 2 aromatic carbocycles. The number of hydrogen-bond acceptors (Lipinski definition) is 2. The Balaban J connectivity index is 1.85. The zero-order valence-electron chi connectivity index (χ0n) is 12.5. The van der Waals surface area contributed by atoms with E-state index in [1.54, 1.807) is 6.07 Å². The summed E-state index contributed by atoms with van der Waals surface area (Å²) < 4.78 is 0. The Hall–Kier alpha value is -2.39. The number of hydrogen-bond donors (Lipinski definition) is 1. The van der Waals surface area contributed by atoms with Crippen LogP contribution in [0.3, 0.4) is 0 Å². The van der Waals surface area contributed by atoms with Crippen LogP contribution in [0.4, 0.5) is 5.69 Å². The summed E-state index contributed by atoms with van der Waals surface area (Å²) in [5.74, 6) is -0.116. The van der Waals surface area contributed by atoms with Crippen LogP contribution in [0.5, 0.6) is 0 Å². The highest BCUT2D eigenvalue weighted by molar-refractivity contribution is 6.34. The molecule has 1 amide bonds. The van der Waals surface area contributed by atoms with Gasteiger partial charge in [-0.05, 0) is 43.0 Å². The van der Waals surface area contributed by atoms with Gasteiger partial charge in [-0.3, -0.25) is 9.78 Å². The normalized spacial score (nSPS) is 13.1. The third-order valence-electron chi connectivity index (χ3n) is 4.27. The Kier molecular flexibility index (Phi) is 3.50. The second-order valence-corrected chi connectivity index (χ2v) is 6.12. The maximum absolute atomic E-state index is 12.9. The summed E-state index contributed by atoms with van der Waals surface area (Å²) in [6.07, 6.45) is 2.88. The van der Waals surface area contributed by atoms with Gasteiger partial charge in [0.15, 0.2) is 0 Å². The maximum Gasteiger partial charge on any atom is 0.256 e. The number of aromatic nitrogens is 1. The lowest BCUT2D eigenvalue weighted by Crippen LogP contribution is -2.16. The van der Waals surface area contributed by atoms with Crippen molar-refractivity contribution in [3.05, 3.63) is 70.4 Å². The number of fused-ring (bicyclic) bond motifs is 2. The summed E-state index contributed by atoms with van der Waals surface area (Å²) in [6.45, 7) is 0. The smallest absolute Gasteiger partial charge is 0.256 e. The molecule has 0 atom stereocenters. The third kappa shape index (κ3) is 2.47. The van der Waals surface area contributed by atoms with Crippen molar-refractivity contribution in [1.29, 1.82) is 0 Å². The van der Waals surface area contributed by atoms with E-state index in [0.29, 0.717) is 10.7 Å². The van der Waals surface area contributed by atoms with E-state index in [9.17, 15) is 4.79 Å². The number of carbonyl (C=O) groups is 1. The fourth-order valence-electron chi connectivity index (χ4n) is 3.22. The lowest BCUT2D eigenvalue weighted by molar-refractivity contribution is 0.102. The molecule has 1 heterocycles. The number of carbonyl (C=O) groups excluding carboxylic acids is 1. The molecule has 23 heavy (non-hydrogen) atoms. The molecule has 0 spiro atoms. The molecule has 1 aliphatic carbocycles. The Labute approximate surface area is 139 Å². The zero-order valence-corrected chi connectivity index (χ0v) is 13.2. The lowest BCUT2D eigenvalue weighted by Gasteiger charge is -2.13. The molecular formula is C19H15ClN2O. The van der Waals surface area contributed by atoms with Crippen molar-refractivity contribution < 1.29 is 4.79 Å². The van der Waals surface area contributed by atoms with Crippen LogP contribution in [0.1, 0.15) is 28.0 Å². The summed E-state index contributed by atoms with van der Waals surface area (Å²) in [5.41, 5.74) is 4.37. The van der Waals surface area contributed by atoms with Gasteiger partial charge in [0.05, 0.1) is 21.8 Å². The SMILES string of the molecule is O=C(Nc1ccccc1Cl)c1c2c(nc3ccccc13)CCC2. The second-order valence-electron chi connectivity index (χ2n) is 5.72. The molecule has 0 saturated heterocycles. The fraction of sp³-hybridized carbons (Fsp3) is 0.158. The van der Waals surface area contributed by atoms with Gasteiger partial charge in [-0.15, -0.1) is 0 Å². The van der Waals surface area contributed by atoms with E-state index >= 15 is 0 Å². The largest absolute Gasteiger partial charge is 0.321 e. The Morgan fingerprint density at radius 2 is 1.83 bits per heavy atom. The van der Waals surface area contributed by atoms with Gasteiger partial charge in [0.1, 0.15) is 0 Å². The van der Waals surface area contributed by atoms with Gasteiger partial charge in [0.2, 0.25) is 0 Å². The number of amides is 1. The first kappa shape index (κ1) is 14.2. The Bertz CT molecular complexity index is 920. The van der Waals surface area contributed by atoms with Crippen LogP contribution < -0.4 is 5.32 Å². The first-order chi connectivity index (χ1) is 11.2. The van der Waals surface area contributed by atoms with E-state index in [1.165, 1.54) is 0 Å². The van der Waals surface area contributed by atoms with Crippen LogP contribution in [0.2, 0.25) is 5.02 Å². The van der Waals surface area contributed by atoms with Gasteiger partial charge in [-0.1, -0.05) is 41.9 Å². The van der Waals surface area contributed by atoms with E-state index < -0.39 is 0 Å². The molecule has 4 rings (SSSR count). The molecule has 1 N–H and O–H groups in total. The van der Waals surface area contributed by atoms with Gasteiger partial charge in [-0.25, -0.2) is 0 Å². The molecule has 1 aliphatic rings. The molecule has 3 aromatic rings. The minimum absolute atomic E-state index is 0.116. The molecular weight excluding hydrogens is 308 g/mol. The minimum atomic E-state index is -0.116. The van der Waals surface area contributed by atoms with Crippen LogP contribution in [0, 0.1) is 0 Å². The average molecular weight is 323 g/mol. The molecule has 3 nitrogen and oxygen atoms in total. The Morgan fingerprint density at radius 1 is 1.04 bits per heavy atom. The maximum atomic E-state index is 12.9. The van der Waals surface area contributed by atoms with Gasteiger partial charge in [-0.2, -0.15) is 0 Å². The predicted molar refractivity (Wildman–Crippen MR) is 93.2 cm³/mol. The quantitative estimate of drug-likeness (QED) is 0.747. The van der Waals surface area contributed by atoms with Crippen LogP contribution in [0.15, 0.2) is 48.5 Å². The summed E-state index contributed by atoms with van der Waals surface area (Å²) in [4.78, 5) is 17.7. The first-order valence-electron chi connectivity index (χ1n) is 7.70. The molecule has 0 unspecified atom stereocenters. The number of nitrogens with zero attached hydrogens (tertiary/aromatic N) is 1. The molecule has 4 heteroatoms. The standard InChI is InChI=1S/C19H15ClN2O/c20-14-8-2-4-10-17(14)22-19(23)18-12-6-1-3-9-15(12)21-16-11-5-7-13(16)18/h1-4,6,8-10H,5,7,11H2,(H,22,23). The van der Waals surface area contributed by atoms with Crippen LogP contribution >= 0.6 is 11.6 Å². The zero-order chi connectivity index (χ0) is 15.8. The van der Waals surface area contributed by atoms with Crippen molar-refractivity contribution in [2.45, 2.75) is 19.3 Å². The van der Waals surface area contributed by atoms with Crippen LogP contribution in [-0.2, 0) is 12.8 Å². The van der Waals surface area contributed by atoms with Crippen molar-refractivity contribution in [1.82, 2.24) is 4.98 Å². The highest BCUT2D eigenvalue weighted by Crippen LogP contribution is 2.31. The molecule has 0 saturated carbocycles. The van der Waals surface area contributed by atoms with Gasteiger partial charge in [0, 0.05) is 11.1 Å². The third-order valence-corrected chi connectivity index (χ3v) is 4.60. The van der Waals surface area contributed by atoms with Crippen molar-refractivity contribution in [2.75, 3.05) is 5.32 Å². The number of para-hydroxylation sites is 2. The number of halogens is 1. The number of pyridine rings is 1. The molecule has 0 radical (unpaired) electrons. The van der Waals surface area contributed by atoms with Gasteiger partial charge in [0.25, 0.3) is 5.91 Å². The minimum Gasteiger partial charge on any atom is -0.321 e. The number of nitrogens with one attached hydrogen (secondary N) is 1. The second kappa shape index (κ2) is 5.67. The van der Waals surface area contributed by atoms with Crippen molar-refractivity contribution in [2.24, 2.45) is 0 Å². The summed E-state index contributed by atoms with van der Waals surface area (Å²) in [5, 5.41) is 4.39.